The molecule has 1 aliphatic rings. The van der Waals surface area contributed by atoms with Crippen LogP contribution in [0.3, 0.4) is 0 Å². The number of fused-ring (bicyclic) bond motifs is 1. The lowest BCUT2D eigenvalue weighted by molar-refractivity contribution is 0.414. The lowest BCUT2D eigenvalue weighted by atomic mass is 9.87. The summed E-state index contributed by atoms with van der Waals surface area (Å²) in [5, 5.41) is 0. The average Bonchev–Trinajstić information content (AvgIpc) is 2.79. The molecule has 0 aliphatic carbocycles. The molecule has 1 heterocycles. The predicted octanol–water partition coefficient (Wildman–Crippen LogP) is 5.21. The first-order valence-corrected chi connectivity index (χ1v) is 12.2. The molecule has 5 nitrogen and oxygen atoms in total. The third-order valence-corrected chi connectivity index (χ3v) is 7.72. The van der Waals surface area contributed by atoms with Crippen molar-refractivity contribution in [3.8, 4) is 5.75 Å². The molecule has 32 heavy (non-hydrogen) atoms. The first kappa shape index (κ1) is 22.2. The molecule has 3 aromatic rings. The van der Waals surface area contributed by atoms with Crippen molar-refractivity contribution in [2.45, 2.75) is 37.6 Å². The van der Waals surface area contributed by atoms with Crippen LogP contribution in [0.15, 0.2) is 77.7 Å². The minimum absolute atomic E-state index is 0.0332. The molecule has 4 rings (SSSR count). The fourth-order valence-corrected chi connectivity index (χ4v) is 5.49. The van der Waals surface area contributed by atoms with Gasteiger partial charge in [-0.1, -0.05) is 63.2 Å². The molecular formula is C26H30N2O3S. The molecule has 0 bridgehead atoms. The summed E-state index contributed by atoms with van der Waals surface area (Å²) in [6.45, 7) is 8.03. The Bertz CT molecular complexity index is 1180. The van der Waals surface area contributed by atoms with E-state index < -0.39 is 10.0 Å². The van der Waals surface area contributed by atoms with Crippen LogP contribution >= 0.6 is 0 Å². The number of nitrogens with zero attached hydrogens (tertiary/aromatic N) is 2. The summed E-state index contributed by atoms with van der Waals surface area (Å²) in [5.41, 5.74) is 3.78. The molecule has 0 spiro atoms. The second kappa shape index (κ2) is 8.51. The maximum atomic E-state index is 13.6. The van der Waals surface area contributed by atoms with Crippen molar-refractivity contribution in [3.63, 3.8) is 0 Å². The standard InChI is InChI=1S/C26H30N2O3S/c1-26(2,3)21-10-13-23(14-11-21)32(29,30)28-17-16-27(19-20-8-6-5-7-9-20)25-18-22(31-4)12-15-24(25)28/h5-15,18H,16-17,19H2,1-4H3. The molecule has 0 saturated heterocycles. The molecule has 0 radical (unpaired) electrons. The number of hydrogen-bond donors (Lipinski definition) is 0. The van der Waals surface area contributed by atoms with Crippen LogP contribution in [-0.2, 0) is 22.0 Å². The third kappa shape index (κ3) is 4.32. The molecule has 1 aliphatic heterocycles. The van der Waals surface area contributed by atoms with Crippen LogP contribution in [0.1, 0.15) is 31.9 Å². The number of sulfonamides is 1. The van der Waals surface area contributed by atoms with Gasteiger partial charge in [0.25, 0.3) is 10.0 Å². The van der Waals surface area contributed by atoms with Crippen LogP contribution in [0.25, 0.3) is 0 Å². The van der Waals surface area contributed by atoms with Crippen molar-refractivity contribution < 1.29 is 13.2 Å². The second-order valence-corrected chi connectivity index (χ2v) is 11.0. The normalized spacial score (nSPS) is 14.2. The highest BCUT2D eigenvalue weighted by molar-refractivity contribution is 7.92. The van der Waals surface area contributed by atoms with Gasteiger partial charge in [0.15, 0.2) is 0 Å². The highest BCUT2D eigenvalue weighted by Gasteiger charge is 2.32. The number of methoxy groups -OCH3 is 1. The number of rotatable bonds is 5. The molecule has 0 fully saturated rings. The Balaban J connectivity index is 1.71. The second-order valence-electron chi connectivity index (χ2n) is 9.11. The molecule has 168 valence electrons. The quantitative estimate of drug-likeness (QED) is 0.536. The summed E-state index contributed by atoms with van der Waals surface area (Å²) in [4.78, 5) is 2.52. The van der Waals surface area contributed by atoms with Crippen molar-refractivity contribution in [2.75, 3.05) is 29.4 Å². The monoisotopic (exact) mass is 450 g/mol. The van der Waals surface area contributed by atoms with E-state index >= 15 is 0 Å². The summed E-state index contributed by atoms with van der Waals surface area (Å²) in [6, 6.07) is 23.0. The number of ether oxygens (including phenoxy) is 1. The Hall–Kier alpha value is -2.99. The lowest BCUT2D eigenvalue weighted by Crippen LogP contribution is -2.43. The van der Waals surface area contributed by atoms with Gasteiger partial charge in [-0.3, -0.25) is 4.31 Å². The van der Waals surface area contributed by atoms with Gasteiger partial charge in [-0.2, -0.15) is 0 Å². The van der Waals surface area contributed by atoms with E-state index in [2.05, 4.69) is 37.8 Å². The summed E-state index contributed by atoms with van der Waals surface area (Å²) in [5.74, 6) is 0.704. The van der Waals surface area contributed by atoms with E-state index in [1.807, 2.05) is 48.5 Å². The highest BCUT2D eigenvalue weighted by atomic mass is 32.2. The molecule has 6 heteroatoms. The van der Waals surface area contributed by atoms with Crippen LogP contribution < -0.4 is 13.9 Å². The van der Waals surface area contributed by atoms with Crippen LogP contribution in [-0.4, -0.2) is 28.6 Å². The largest absolute Gasteiger partial charge is 0.497 e. The summed E-state index contributed by atoms with van der Waals surface area (Å²) < 4.78 is 34.2. The molecular weight excluding hydrogens is 420 g/mol. The van der Waals surface area contributed by atoms with Crippen LogP contribution in [0.4, 0.5) is 11.4 Å². The van der Waals surface area contributed by atoms with Gasteiger partial charge in [-0.05, 0) is 40.8 Å². The van der Waals surface area contributed by atoms with Crippen LogP contribution in [0.2, 0.25) is 0 Å². The molecule has 0 atom stereocenters. The van der Waals surface area contributed by atoms with E-state index in [9.17, 15) is 8.42 Å². The third-order valence-electron chi connectivity index (χ3n) is 5.89. The molecule has 0 saturated carbocycles. The van der Waals surface area contributed by atoms with Gasteiger partial charge in [0.2, 0.25) is 0 Å². The maximum Gasteiger partial charge on any atom is 0.264 e. The van der Waals surface area contributed by atoms with Crippen LogP contribution in [0, 0.1) is 0 Å². The Labute approximate surface area is 191 Å². The Kier molecular flexibility index (Phi) is 5.91. The van der Waals surface area contributed by atoms with Crippen molar-refractivity contribution in [1.29, 1.82) is 0 Å². The van der Waals surface area contributed by atoms with E-state index in [0.717, 1.165) is 11.3 Å². The summed E-state index contributed by atoms with van der Waals surface area (Å²) in [7, 11) is -2.07. The number of anilines is 2. The van der Waals surface area contributed by atoms with Crippen LogP contribution in [0.5, 0.6) is 5.75 Å². The zero-order chi connectivity index (χ0) is 22.9. The summed E-state index contributed by atoms with van der Waals surface area (Å²) >= 11 is 0. The van der Waals surface area contributed by atoms with Gasteiger partial charge < -0.3 is 9.64 Å². The smallest absolute Gasteiger partial charge is 0.264 e. The number of benzene rings is 3. The summed E-state index contributed by atoms with van der Waals surface area (Å²) in [6.07, 6.45) is 0. The van der Waals surface area contributed by atoms with E-state index in [4.69, 9.17) is 4.74 Å². The fourth-order valence-electron chi connectivity index (χ4n) is 4.02. The maximum absolute atomic E-state index is 13.6. The molecule has 0 amide bonds. The average molecular weight is 451 g/mol. The first-order valence-electron chi connectivity index (χ1n) is 10.8. The first-order chi connectivity index (χ1) is 15.2. The molecule has 0 N–H and O–H groups in total. The minimum Gasteiger partial charge on any atom is -0.497 e. The van der Waals surface area contributed by atoms with Gasteiger partial charge in [0, 0.05) is 19.2 Å². The lowest BCUT2D eigenvalue weighted by Gasteiger charge is -2.38. The topological polar surface area (TPSA) is 49.9 Å². The Morgan fingerprint density at radius 1 is 0.875 bits per heavy atom. The van der Waals surface area contributed by atoms with Crippen molar-refractivity contribution in [1.82, 2.24) is 0 Å². The number of hydrogen-bond acceptors (Lipinski definition) is 4. The predicted molar refractivity (Wildman–Crippen MR) is 130 cm³/mol. The van der Waals surface area contributed by atoms with E-state index in [-0.39, 0.29) is 5.41 Å². The van der Waals surface area contributed by atoms with Gasteiger partial charge in [-0.25, -0.2) is 8.42 Å². The van der Waals surface area contributed by atoms with Crippen molar-refractivity contribution in [3.05, 3.63) is 83.9 Å². The fraction of sp³-hybridized carbons (Fsp3) is 0.308. The van der Waals surface area contributed by atoms with E-state index in [0.29, 0.717) is 36.0 Å². The zero-order valence-electron chi connectivity index (χ0n) is 19.1. The van der Waals surface area contributed by atoms with Gasteiger partial charge in [0.05, 0.1) is 29.9 Å². The van der Waals surface area contributed by atoms with E-state index in [1.54, 1.807) is 19.2 Å². The van der Waals surface area contributed by atoms with Crippen molar-refractivity contribution >= 4 is 21.4 Å². The van der Waals surface area contributed by atoms with E-state index in [1.165, 1.54) is 9.87 Å². The molecule has 3 aromatic carbocycles. The molecule has 0 aromatic heterocycles. The van der Waals surface area contributed by atoms with Gasteiger partial charge >= 0.3 is 0 Å². The molecule has 0 unspecified atom stereocenters. The van der Waals surface area contributed by atoms with Gasteiger partial charge in [-0.15, -0.1) is 0 Å². The SMILES string of the molecule is COc1ccc2c(c1)N(Cc1ccccc1)CCN2S(=O)(=O)c1ccc(C(C)(C)C)cc1. The Morgan fingerprint density at radius 2 is 1.56 bits per heavy atom. The van der Waals surface area contributed by atoms with Gasteiger partial charge in [0.1, 0.15) is 5.75 Å². The minimum atomic E-state index is -3.69. The highest BCUT2D eigenvalue weighted by Crippen LogP contribution is 2.39. The van der Waals surface area contributed by atoms with Crippen molar-refractivity contribution in [2.24, 2.45) is 0 Å². The Morgan fingerprint density at radius 3 is 2.19 bits per heavy atom. The zero-order valence-corrected chi connectivity index (χ0v) is 19.9.